The zero-order valence-electron chi connectivity index (χ0n) is 11.8. The summed E-state index contributed by atoms with van der Waals surface area (Å²) < 4.78 is 5.71. The number of anilines is 1. The Morgan fingerprint density at radius 1 is 1.29 bits per heavy atom. The molecule has 1 heterocycles. The lowest BCUT2D eigenvalue weighted by molar-refractivity contribution is 0.458. The van der Waals surface area contributed by atoms with E-state index in [2.05, 4.69) is 28.4 Å². The first-order valence-corrected chi connectivity index (χ1v) is 6.73. The largest absolute Gasteiger partial charge is 0.439 e. The van der Waals surface area contributed by atoms with Crippen molar-refractivity contribution in [3.05, 3.63) is 41.7 Å². The van der Waals surface area contributed by atoms with Crippen LogP contribution in [0.3, 0.4) is 0 Å². The van der Waals surface area contributed by atoms with Crippen molar-refractivity contribution in [2.24, 2.45) is 5.84 Å². The van der Waals surface area contributed by atoms with Gasteiger partial charge in [-0.15, -0.1) is 0 Å². The maximum Gasteiger partial charge on any atom is 0.224 e. The summed E-state index contributed by atoms with van der Waals surface area (Å²) in [6.45, 7) is 2.06. The van der Waals surface area contributed by atoms with Crippen LogP contribution in [-0.4, -0.2) is 9.97 Å². The van der Waals surface area contributed by atoms with E-state index in [1.165, 1.54) is 0 Å². The van der Waals surface area contributed by atoms with Crippen LogP contribution in [0, 0.1) is 11.3 Å². The van der Waals surface area contributed by atoms with E-state index >= 15 is 0 Å². The predicted octanol–water partition coefficient (Wildman–Crippen LogP) is 2.57. The highest BCUT2D eigenvalue weighted by atomic mass is 16.5. The first kappa shape index (κ1) is 14.8. The van der Waals surface area contributed by atoms with E-state index in [9.17, 15) is 0 Å². The Hall–Kier alpha value is -2.65. The van der Waals surface area contributed by atoms with E-state index in [0.29, 0.717) is 29.7 Å². The minimum Gasteiger partial charge on any atom is -0.439 e. The van der Waals surface area contributed by atoms with Gasteiger partial charge in [-0.2, -0.15) is 10.2 Å². The fourth-order valence-corrected chi connectivity index (χ4v) is 1.82. The topological polar surface area (TPSA) is 96.9 Å². The van der Waals surface area contributed by atoms with Gasteiger partial charge in [0.25, 0.3) is 0 Å². The number of nitrogens with zero attached hydrogens (tertiary/aromatic N) is 3. The fraction of sp³-hybridized carbons (Fsp3) is 0.267. The number of nitriles is 1. The molecule has 0 aliphatic rings. The first-order valence-electron chi connectivity index (χ1n) is 6.73. The molecular weight excluding hydrogens is 266 g/mol. The number of aromatic nitrogens is 2. The molecule has 0 aliphatic carbocycles. The maximum atomic E-state index is 8.65. The third kappa shape index (κ3) is 4.16. The molecule has 6 heteroatoms. The normalized spacial score (nSPS) is 9.95. The Morgan fingerprint density at radius 2 is 2.05 bits per heavy atom. The van der Waals surface area contributed by atoms with Crippen molar-refractivity contribution >= 4 is 5.82 Å². The van der Waals surface area contributed by atoms with E-state index in [4.69, 9.17) is 15.8 Å². The van der Waals surface area contributed by atoms with Gasteiger partial charge in [-0.05, 0) is 24.1 Å². The number of hydrogen-bond donors (Lipinski definition) is 2. The second-order valence-corrected chi connectivity index (χ2v) is 4.48. The second-order valence-electron chi connectivity index (χ2n) is 4.48. The number of ether oxygens (including phenoxy) is 1. The van der Waals surface area contributed by atoms with Gasteiger partial charge in [-0.3, -0.25) is 0 Å². The van der Waals surface area contributed by atoms with Crippen LogP contribution in [0.4, 0.5) is 5.82 Å². The van der Waals surface area contributed by atoms with E-state index in [-0.39, 0.29) is 0 Å². The quantitative estimate of drug-likeness (QED) is 0.624. The fourth-order valence-electron chi connectivity index (χ4n) is 1.82. The zero-order valence-corrected chi connectivity index (χ0v) is 11.8. The van der Waals surface area contributed by atoms with Gasteiger partial charge in [0.05, 0.1) is 12.5 Å². The number of benzene rings is 1. The minimum atomic E-state index is 0.385. The van der Waals surface area contributed by atoms with Crippen LogP contribution in [0.1, 0.15) is 24.7 Å². The summed E-state index contributed by atoms with van der Waals surface area (Å²) in [5.74, 6) is 7.70. The summed E-state index contributed by atoms with van der Waals surface area (Å²) >= 11 is 0. The number of nitrogens with two attached hydrogens (primary N) is 1. The van der Waals surface area contributed by atoms with Crippen LogP contribution in [0.2, 0.25) is 0 Å². The van der Waals surface area contributed by atoms with Crippen molar-refractivity contribution in [1.82, 2.24) is 9.97 Å². The summed E-state index contributed by atoms with van der Waals surface area (Å²) in [4.78, 5) is 8.60. The van der Waals surface area contributed by atoms with Gasteiger partial charge in [0, 0.05) is 12.5 Å². The van der Waals surface area contributed by atoms with Crippen LogP contribution < -0.4 is 16.0 Å². The molecule has 1 aromatic heterocycles. The number of nitrogen functional groups attached to an aromatic ring is 1. The molecule has 1 aromatic carbocycles. The Balaban J connectivity index is 2.18. The highest BCUT2D eigenvalue weighted by molar-refractivity contribution is 5.39. The maximum absolute atomic E-state index is 8.65. The van der Waals surface area contributed by atoms with Crippen LogP contribution in [0.25, 0.3) is 0 Å². The van der Waals surface area contributed by atoms with Crippen LogP contribution in [0.15, 0.2) is 30.3 Å². The third-order valence-electron chi connectivity index (χ3n) is 2.80. The monoisotopic (exact) mass is 283 g/mol. The summed E-state index contributed by atoms with van der Waals surface area (Å²) in [6, 6.07) is 11.1. The van der Waals surface area contributed by atoms with Gasteiger partial charge in [0.1, 0.15) is 17.4 Å². The van der Waals surface area contributed by atoms with Crippen molar-refractivity contribution < 1.29 is 4.74 Å². The van der Waals surface area contributed by atoms with Gasteiger partial charge in [0.2, 0.25) is 5.88 Å². The molecule has 0 spiro atoms. The molecule has 2 rings (SSSR count). The molecule has 0 bridgehead atoms. The summed E-state index contributed by atoms with van der Waals surface area (Å²) in [5, 5.41) is 8.65. The SMILES string of the molecule is CCCc1nc(NN)cc(Oc2ccc(CC#N)cc2)n1. The van der Waals surface area contributed by atoms with Gasteiger partial charge in [-0.25, -0.2) is 10.8 Å². The third-order valence-corrected chi connectivity index (χ3v) is 2.80. The Labute approximate surface area is 123 Å². The molecule has 2 aromatic rings. The van der Waals surface area contributed by atoms with Gasteiger partial charge >= 0.3 is 0 Å². The summed E-state index contributed by atoms with van der Waals surface area (Å²) in [6.07, 6.45) is 2.08. The molecule has 0 saturated carbocycles. The average molecular weight is 283 g/mol. The average Bonchev–Trinajstić information content (AvgIpc) is 2.49. The van der Waals surface area contributed by atoms with Crippen LogP contribution in [0.5, 0.6) is 11.6 Å². The number of nitrogens with one attached hydrogen (secondary N) is 1. The molecule has 0 atom stereocenters. The van der Waals surface area contributed by atoms with Crippen molar-refractivity contribution in [2.75, 3.05) is 5.43 Å². The number of aryl methyl sites for hydroxylation is 1. The Bertz CT molecular complexity index is 634. The highest BCUT2D eigenvalue weighted by Crippen LogP contribution is 2.22. The number of hydrazine groups is 1. The smallest absolute Gasteiger partial charge is 0.224 e. The summed E-state index contributed by atoms with van der Waals surface area (Å²) in [7, 11) is 0. The van der Waals surface area contributed by atoms with Gasteiger partial charge < -0.3 is 10.2 Å². The molecule has 0 fully saturated rings. The van der Waals surface area contributed by atoms with Crippen molar-refractivity contribution in [3.8, 4) is 17.7 Å². The molecule has 21 heavy (non-hydrogen) atoms. The molecule has 0 amide bonds. The standard InChI is InChI=1S/C15H17N5O/c1-2-3-13-18-14(20-17)10-15(19-13)21-12-6-4-11(5-7-12)8-9-16/h4-7,10H,2-3,8,17H2,1H3,(H,18,19,20). The number of rotatable bonds is 6. The molecule has 0 aliphatic heterocycles. The Morgan fingerprint density at radius 3 is 2.67 bits per heavy atom. The molecule has 6 nitrogen and oxygen atoms in total. The molecular formula is C15H17N5O. The van der Waals surface area contributed by atoms with E-state index < -0.39 is 0 Å². The van der Waals surface area contributed by atoms with Gasteiger partial charge in [0.15, 0.2) is 0 Å². The van der Waals surface area contributed by atoms with Crippen molar-refractivity contribution in [1.29, 1.82) is 5.26 Å². The molecule has 0 unspecified atom stereocenters. The number of hydrogen-bond acceptors (Lipinski definition) is 6. The lowest BCUT2D eigenvalue weighted by atomic mass is 10.2. The van der Waals surface area contributed by atoms with Crippen LogP contribution in [-0.2, 0) is 12.8 Å². The van der Waals surface area contributed by atoms with E-state index in [0.717, 1.165) is 18.4 Å². The summed E-state index contributed by atoms with van der Waals surface area (Å²) in [5.41, 5.74) is 3.46. The molecule has 3 N–H and O–H groups in total. The molecule has 108 valence electrons. The molecule has 0 saturated heterocycles. The lowest BCUT2D eigenvalue weighted by Gasteiger charge is -2.09. The van der Waals surface area contributed by atoms with Crippen molar-refractivity contribution in [2.45, 2.75) is 26.2 Å². The van der Waals surface area contributed by atoms with E-state index in [1.807, 2.05) is 24.3 Å². The molecule has 0 radical (unpaired) electrons. The zero-order chi connectivity index (χ0) is 15.1. The Kier molecular flexibility index (Phi) is 5.07. The lowest BCUT2D eigenvalue weighted by Crippen LogP contribution is -2.10. The second kappa shape index (κ2) is 7.22. The van der Waals surface area contributed by atoms with Gasteiger partial charge in [-0.1, -0.05) is 19.1 Å². The van der Waals surface area contributed by atoms with E-state index in [1.54, 1.807) is 6.07 Å². The van der Waals surface area contributed by atoms with Crippen LogP contribution >= 0.6 is 0 Å². The van der Waals surface area contributed by atoms with Crippen molar-refractivity contribution in [3.63, 3.8) is 0 Å². The highest BCUT2D eigenvalue weighted by Gasteiger charge is 2.06. The minimum absolute atomic E-state index is 0.385. The first-order chi connectivity index (χ1) is 10.2. The predicted molar refractivity (Wildman–Crippen MR) is 79.7 cm³/mol.